The van der Waals surface area contributed by atoms with Crippen molar-refractivity contribution < 1.29 is 17.6 Å². The molecule has 2 rings (SSSR count). The molecule has 21 heavy (non-hydrogen) atoms. The second kappa shape index (κ2) is 6.42. The lowest BCUT2D eigenvalue weighted by atomic mass is 9.74. The average Bonchev–Trinajstić information content (AvgIpc) is 2.27. The zero-order valence-electron chi connectivity index (χ0n) is 11.5. The molecule has 0 heterocycles. The SMILES string of the molecule is [B]C(=Nc1cc(SCC(F)(F)F)c(C)cc1F)C1CCC1. The van der Waals surface area contributed by atoms with Crippen molar-refractivity contribution in [3.63, 3.8) is 0 Å². The van der Waals surface area contributed by atoms with E-state index < -0.39 is 17.7 Å². The van der Waals surface area contributed by atoms with Crippen molar-refractivity contribution in [2.45, 2.75) is 37.3 Å². The number of nitrogens with zero attached hydrogens (tertiary/aromatic N) is 1. The standard InChI is InChI=1S/C14H14BF4NS/c1-8-5-10(16)11(20-13(15)9-3-2-4-9)6-12(8)21-7-14(17,18)19/h5-6,9H,2-4,7H2,1H3. The van der Waals surface area contributed by atoms with Gasteiger partial charge in [0.25, 0.3) is 0 Å². The Balaban J connectivity index is 2.21. The van der Waals surface area contributed by atoms with Crippen LogP contribution in [0.3, 0.4) is 0 Å². The molecule has 1 aliphatic rings. The molecule has 0 amide bonds. The number of rotatable bonds is 4. The van der Waals surface area contributed by atoms with Crippen LogP contribution in [0.15, 0.2) is 22.0 Å². The Morgan fingerprint density at radius 3 is 2.57 bits per heavy atom. The number of hydrogen-bond acceptors (Lipinski definition) is 2. The van der Waals surface area contributed by atoms with E-state index in [1.165, 1.54) is 12.1 Å². The van der Waals surface area contributed by atoms with Crippen LogP contribution in [0.2, 0.25) is 0 Å². The van der Waals surface area contributed by atoms with Gasteiger partial charge in [0.1, 0.15) is 13.7 Å². The number of thioether (sulfide) groups is 1. The average molecular weight is 315 g/mol. The summed E-state index contributed by atoms with van der Waals surface area (Å²) in [4.78, 5) is 4.42. The lowest BCUT2D eigenvalue weighted by Crippen LogP contribution is -2.21. The molecule has 0 unspecified atom stereocenters. The summed E-state index contributed by atoms with van der Waals surface area (Å²) >= 11 is 0.630. The summed E-state index contributed by atoms with van der Waals surface area (Å²) < 4.78 is 50.7. The summed E-state index contributed by atoms with van der Waals surface area (Å²) in [7, 11) is 5.81. The molecule has 1 aromatic rings. The van der Waals surface area contributed by atoms with Gasteiger partial charge in [-0.3, -0.25) is 4.99 Å². The highest BCUT2D eigenvalue weighted by molar-refractivity contribution is 7.99. The third-order valence-corrected chi connectivity index (χ3v) is 4.63. The molecular weight excluding hydrogens is 301 g/mol. The van der Waals surface area contributed by atoms with Gasteiger partial charge in [-0.25, -0.2) is 4.39 Å². The molecule has 2 radical (unpaired) electrons. The Morgan fingerprint density at radius 2 is 2.05 bits per heavy atom. The van der Waals surface area contributed by atoms with Crippen LogP contribution in [0, 0.1) is 18.7 Å². The van der Waals surface area contributed by atoms with Crippen molar-refractivity contribution in [3.05, 3.63) is 23.5 Å². The number of halogens is 4. The highest BCUT2D eigenvalue weighted by Gasteiger charge is 2.27. The third kappa shape index (κ3) is 4.50. The number of hydrogen-bond donors (Lipinski definition) is 0. The lowest BCUT2D eigenvalue weighted by molar-refractivity contribution is -0.105. The maximum Gasteiger partial charge on any atom is 0.398 e. The van der Waals surface area contributed by atoms with Crippen LogP contribution in [-0.2, 0) is 0 Å². The minimum absolute atomic E-state index is 0.00896. The maximum atomic E-state index is 13.9. The van der Waals surface area contributed by atoms with Crippen LogP contribution in [-0.4, -0.2) is 25.4 Å². The molecule has 1 aliphatic carbocycles. The van der Waals surface area contributed by atoms with E-state index in [1.54, 1.807) is 6.92 Å². The van der Waals surface area contributed by atoms with Crippen LogP contribution >= 0.6 is 11.8 Å². The molecule has 1 nitrogen and oxygen atoms in total. The number of aliphatic imine (C=N–C) groups is 1. The second-order valence-corrected chi connectivity index (χ2v) is 6.15. The highest BCUT2D eigenvalue weighted by Crippen LogP contribution is 2.34. The Bertz CT molecular complexity index is 553. The monoisotopic (exact) mass is 315 g/mol. The molecule has 1 aromatic carbocycles. The number of benzene rings is 1. The molecular formula is C14H14BF4NS. The number of aryl methyl sites for hydroxylation is 1. The first kappa shape index (κ1) is 16.4. The van der Waals surface area contributed by atoms with E-state index in [-0.39, 0.29) is 11.6 Å². The van der Waals surface area contributed by atoms with E-state index in [1.807, 2.05) is 0 Å². The van der Waals surface area contributed by atoms with Crippen molar-refractivity contribution in [2.75, 3.05) is 5.75 Å². The summed E-state index contributed by atoms with van der Waals surface area (Å²) in [6, 6.07) is 2.54. The van der Waals surface area contributed by atoms with Crippen LogP contribution in [0.5, 0.6) is 0 Å². The fraction of sp³-hybridized carbons (Fsp3) is 0.500. The number of alkyl halides is 3. The minimum atomic E-state index is -4.26. The summed E-state index contributed by atoms with van der Waals surface area (Å²) in [5.74, 6) is -1.41. The van der Waals surface area contributed by atoms with Crippen molar-refractivity contribution in [1.29, 1.82) is 0 Å². The Labute approximate surface area is 126 Å². The van der Waals surface area contributed by atoms with Gasteiger partial charge in [-0.1, -0.05) is 6.42 Å². The molecule has 0 aliphatic heterocycles. The molecule has 0 saturated heterocycles. The van der Waals surface area contributed by atoms with E-state index in [9.17, 15) is 17.6 Å². The quantitative estimate of drug-likeness (QED) is 0.337. The first-order valence-electron chi connectivity index (χ1n) is 6.60. The lowest BCUT2D eigenvalue weighted by Gasteiger charge is -2.25. The summed E-state index contributed by atoms with van der Waals surface area (Å²) in [5, 5.41) is 0. The van der Waals surface area contributed by atoms with Crippen LogP contribution in [0.4, 0.5) is 23.2 Å². The summed E-state index contributed by atoms with van der Waals surface area (Å²) in [5.41, 5.74) is 0.827. The van der Waals surface area contributed by atoms with Crippen LogP contribution < -0.4 is 0 Å². The molecule has 0 atom stereocenters. The van der Waals surface area contributed by atoms with Gasteiger partial charge in [0.15, 0.2) is 0 Å². The van der Waals surface area contributed by atoms with Crippen molar-refractivity contribution in [3.8, 4) is 0 Å². The van der Waals surface area contributed by atoms with Gasteiger partial charge in [0.05, 0.1) is 11.4 Å². The maximum absolute atomic E-state index is 13.9. The van der Waals surface area contributed by atoms with Gasteiger partial charge in [-0.15, -0.1) is 11.8 Å². The fourth-order valence-electron chi connectivity index (χ4n) is 1.98. The van der Waals surface area contributed by atoms with Gasteiger partial charge < -0.3 is 0 Å². The zero-order valence-corrected chi connectivity index (χ0v) is 12.3. The van der Waals surface area contributed by atoms with Crippen molar-refractivity contribution in [1.82, 2.24) is 0 Å². The summed E-state index contributed by atoms with van der Waals surface area (Å²) in [6.07, 6.45) is -1.33. The predicted molar refractivity (Wildman–Crippen MR) is 78.1 cm³/mol. The first-order chi connectivity index (χ1) is 9.76. The Hall–Kier alpha value is -0.975. The summed E-state index contributed by atoms with van der Waals surface area (Å²) in [6.45, 7) is 1.57. The van der Waals surface area contributed by atoms with Crippen LogP contribution in [0.25, 0.3) is 0 Å². The molecule has 0 bridgehead atoms. The fourth-order valence-corrected chi connectivity index (χ4v) is 2.78. The molecule has 7 heteroatoms. The normalized spacial score (nSPS) is 16.9. The van der Waals surface area contributed by atoms with Gasteiger partial charge in [-0.2, -0.15) is 13.2 Å². The van der Waals surface area contributed by atoms with Crippen LogP contribution in [0.1, 0.15) is 24.8 Å². The molecule has 0 aromatic heterocycles. The Kier molecular flexibility index (Phi) is 5.01. The van der Waals surface area contributed by atoms with Gasteiger partial charge >= 0.3 is 6.18 Å². The first-order valence-corrected chi connectivity index (χ1v) is 7.58. The van der Waals surface area contributed by atoms with Gasteiger partial charge in [-0.05, 0) is 49.0 Å². The van der Waals surface area contributed by atoms with Crippen molar-refractivity contribution in [2.24, 2.45) is 10.9 Å². The smallest absolute Gasteiger partial charge is 0.266 e. The van der Waals surface area contributed by atoms with E-state index in [4.69, 9.17) is 7.85 Å². The molecule has 0 spiro atoms. The highest BCUT2D eigenvalue weighted by atomic mass is 32.2. The van der Waals surface area contributed by atoms with Gasteiger partial charge in [0, 0.05) is 4.90 Å². The molecule has 1 saturated carbocycles. The predicted octanol–water partition coefficient (Wildman–Crippen LogP) is 4.79. The van der Waals surface area contributed by atoms with E-state index in [0.29, 0.717) is 27.8 Å². The van der Waals surface area contributed by atoms with Crippen molar-refractivity contribution >= 4 is 30.9 Å². The molecule has 1 fully saturated rings. The largest absolute Gasteiger partial charge is 0.398 e. The second-order valence-electron chi connectivity index (χ2n) is 5.14. The Morgan fingerprint density at radius 1 is 1.38 bits per heavy atom. The van der Waals surface area contributed by atoms with E-state index >= 15 is 0 Å². The molecule has 0 N–H and O–H groups in total. The van der Waals surface area contributed by atoms with Gasteiger partial charge in [0.2, 0.25) is 0 Å². The van der Waals surface area contributed by atoms with E-state index in [2.05, 4.69) is 4.99 Å². The van der Waals surface area contributed by atoms with E-state index in [0.717, 1.165) is 19.3 Å². The third-order valence-electron chi connectivity index (χ3n) is 3.41. The topological polar surface area (TPSA) is 12.4 Å². The zero-order chi connectivity index (χ0) is 15.6. The minimum Gasteiger partial charge on any atom is -0.266 e. The molecule has 112 valence electrons.